The predicted octanol–water partition coefficient (Wildman–Crippen LogP) is 1.34. The number of esters is 1. The first-order valence-electron chi connectivity index (χ1n) is 6.32. The zero-order chi connectivity index (χ0) is 13.3. The van der Waals surface area contributed by atoms with Gasteiger partial charge in [0.25, 0.3) is 0 Å². The monoisotopic (exact) mass is 251 g/mol. The molecule has 0 bridgehead atoms. The molecule has 1 N–H and O–H groups in total. The summed E-state index contributed by atoms with van der Waals surface area (Å²) in [5.74, 6) is -0.237. The molecule has 0 amide bonds. The van der Waals surface area contributed by atoms with Crippen LogP contribution in [0.3, 0.4) is 0 Å². The predicted molar refractivity (Wildman–Crippen MR) is 68.1 cm³/mol. The summed E-state index contributed by atoms with van der Waals surface area (Å²) >= 11 is 0. The van der Waals surface area contributed by atoms with E-state index in [0.717, 1.165) is 19.3 Å². The van der Waals surface area contributed by atoms with E-state index in [1.165, 1.54) is 18.4 Å². The van der Waals surface area contributed by atoms with Crippen LogP contribution in [0, 0.1) is 0 Å². The van der Waals surface area contributed by atoms with E-state index >= 15 is 0 Å². The normalized spacial score (nSPS) is 19.4. The fourth-order valence-electron chi connectivity index (χ4n) is 2.61. The van der Waals surface area contributed by atoms with Crippen molar-refractivity contribution in [3.63, 3.8) is 0 Å². The quantitative estimate of drug-likeness (QED) is 0.824. The van der Waals surface area contributed by atoms with Crippen LogP contribution in [0.5, 0.6) is 0 Å². The molecule has 0 fully saturated rings. The molecule has 1 unspecified atom stereocenters. The van der Waals surface area contributed by atoms with Gasteiger partial charge in [0.05, 0.1) is 13.3 Å². The van der Waals surface area contributed by atoms with Crippen molar-refractivity contribution in [2.75, 3.05) is 7.11 Å². The average molecular weight is 251 g/mol. The summed E-state index contributed by atoms with van der Waals surface area (Å²) < 4.78 is 6.75. The van der Waals surface area contributed by atoms with E-state index < -0.39 is 5.54 Å². The Kier molecular flexibility index (Phi) is 3.43. The minimum Gasteiger partial charge on any atom is -0.468 e. The molecule has 1 aliphatic carbocycles. The van der Waals surface area contributed by atoms with Gasteiger partial charge in [0.2, 0.25) is 0 Å². The highest BCUT2D eigenvalue weighted by atomic mass is 16.5. The van der Waals surface area contributed by atoms with Gasteiger partial charge < -0.3 is 4.74 Å². The third-order valence-corrected chi connectivity index (χ3v) is 3.61. The molecule has 18 heavy (non-hydrogen) atoms. The van der Waals surface area contributed by atoms with Crippen LogP contribution in [0.25, 0.3) is 0 Å². The number of hydrogen-bond acceptors (Lipinski definition) is 4. The van der Waals surface area contributed by atoms with E-state index in [1.54, 1.807) is 0 Å². The lowest BCUT2D eigenvalue weighted by Gasteiger charge is -2.32. The Morgan fingerprint density at radius 3 is 3.00 bits per heavy atom. The van der Waals surface area contributed by atoms with Gasteiger partial charge in [-0.1, -0.05) is 0 Å². The van der Waals surface area contributed by atoms with E-state index in [4.69, 9.17) is 4.74 Å². The number of fused-ring (bicyclic) bond motifs is 1. The highest BCUT2D eigenvalue weighted by Gasteiger charge is 2.34. The Morgan fingerprint density at radius 2 is 2.33 bits per heavy atom. The van der Waals surface area contributed by atoms with Crippen LogP contribution in [-0.4, -0.2) is 28.4 Å². The minimum atomic E-state index is -0.677. The van der Waals surface area contributed by atoms with Crippen molar-refractivity contribution in [2.24, 2.45) is 7.05 Å². The molecule has 1 atom stereocenters. The zero-order valence-corrected chi connectivity index (χ0v) is 11.5. The van der Waals surface area contributed by atoms with Gasteiger partial charge in [0.1, 0.15) is 5.54 Å². The lowest BCUT2D eigenvalue weighted by atomic mass is 9.90. The summed E-state index contributed by atoms with van der Waals surface area (Å²) in [5.41, 5.74) is 1.80. The van der Waals surface area contributed by atoms with Gasteiger partial charge in [0, 0.05) is 24.3 Å². The molecule has 0 aliphatic heterocycles. The molecule has 1 heterocycles. The molecule has 5 nitrogen and oxygen atoms in total. The number of nitrogens with zero attached hydrogens (tertiary/aromatic N) is 2. The van der Waals surface area contributed by atoms with Crippen molar-refractivity contribution in [3.8, 4) is 0 Å². The average Bonchev–Trinajstić information content (AvgIpc) is 2.71. The van der Waals surface area contributed by atoms with Crippen molar-refractivity contribution in [1.29, 1.82) is 0 Å². The van der Waals surface area contributed by atoms with Crippen molar-refractivity contribution in [3.05, 3.63) is 17.5 Å². The summed E-state index contributed by atoms with van der Waals surface area (Å²) in [7, 11) is 3.38. The molecule has 0 spiro atoms. The van der Waals surface area contributed by atoms with Gasteiger partial charge in [-0.15, -0.1) is 0 Å². The Bertz CT molecular complexity index is 451. The standard InChI is InChI=1S/C13H21N3O2/c1-13(2,12(17)18-4)15-10-6-5-7-11-9(10)8-14-16(11)3/h8,10,15H,5-7H2,1-4H3. The maximum Gasteiger partial charge on any atom is 0.325 e. The molecule has 0 saturated carbocycles. The fraction of sp³-hybridized carbons (Fsp3) is 0.692. The second kappa shape index (κ2) is 4.72. The number of methoxy groups -OCH3 is 1. The molecule has 1 aliphatic rings. The smallest absolute Gasteiger partial charge is 0.325 e. The highest BCUT2D eigenvalue weighted by molar-refractivity contribution is 5.79. The molecular formula is C13H21N3O2. The molecule has 2 rings (SSSR count). The summed E-state index contributed by atoms with van der Waals surface area (Å²) in [5, 5.41) is 7.69. The van der Waals surface area contributed by atoms with E-state index in [1.807, 2.05) is 31.8 Å². The van der Waals surface area contributed by atoms with E-state index in [9.17, 15) is 4.79 Å². The first kappa shape index (κ1) is 13.1. The summed E-state index contributed by atoms with van der Waals surface area (Å²) in [6, 6.07) is 0.177. The number of carbonyl (C=O) groups is 1. The molecular weight excluding hydrogens is 230 g/mol. The van der Waals surface area contributed by atoms with Crippen molar-refractivity contribution < 1.29 is 9.53 Å². The molecule has 1 aromatic heterocycles. The molecule has 0 radical (unpaired) electrons. The maximum atomic E-state index is 11.7. The minimum absolute atomic E-state index is 0.177. The lowest BCUT2D eigenvalue weighted by Crippen LogP contribution is -2.49. The van der Waals surface area contributed by atoms with E-state index in [-0.39, 0.29) is 12.0 Å². The van der Waals surface area contributed by atoms with Crippen LogP contribution in [0.1, 0.15) is 44.0 Å². The van der Waals surface area contributed by atoms with Gasteiger partial charge in [-0.3, -0.25) is 14.8 Å². The van der Waals surface area contributed by atoms with Crippen molar-refractivity contribution in [2.45, 2.75) is 44.7 Å². The molecule has 5 heteroatoms. The van der Waals surface area contributed by atoms with Gasteiger partial charge in [-0.25, -0.2) is 0 Å². The lowest BCUT2D eigenvalue weighted by molar-refractivity contribution is -0.147. The highest BCUT2D eigenvalue weighted by Crippen LogP contribution is 2.30. The molecule has 1 aromatic rings. The second-order valence-corrected chi connectivity index (χ2v) is 5.38. The first-order valence-corrected chi connectivity index (χ1v) is 6.32. The fourth-order valence-corrected chi connectivity index (χ4v) is 2.61. The Balaban J connectivity index is 2.19. The summed E-state index contributed by atoms with van der Waals surface area (Å²) in [6.45, 7) is 3.70. The Morgan fingerprint density at radius 1 is 1.61 bits per heavy atom. The SMILES string of the molecule is COC(=O)C(C)(C)NC1CCCc2c1cnn2C. The third kappa shape index (κ3) is 2.27. The number of ether oxygens (including phenoxy) is 1. The largest absolute Gasteiger partial charge is 0.468 e. The van der Waals surface area contributed by atoms with Crippen LogP contribution in [0.15, 0.2) is 6.20 Å². The number of carbonyl (C=O) groups excluding carboxylic acids is 1. The number of aromatic nitrogens is 2. The van der Waals surface area contributed by atoms with Crippen LogP contribution < -0.4 is 5.32 Å². The van der Waals surface area contributed by atoms with E-state index in [2.05, 4.69) is 10.4 Å². The van der Waals surface area contributed by atoms with Gasteiger partial charge in [-0.05, 0) is 33.1 Å². The van der Waals surface area contributed by atoms with Gasteiger partial charge in [-0.2, -0.15) is 5.10 Å². The molecule has 0 saturated heterocycles. The van der Waals surface area contributed by atoms with Gasteiger partial charge in [0.15, 0.2) is 0 Å². The number of nitrogens with one attached hydrogen (secondary N) is 1. The number of aryl methyl sites for hydroxylation is 1. The Hall–Kier alpha value is -1.36. The molecule has 0 aromatic carbocycles. The van der Waals surface area contributed by atoms with Crippen molar-refractivity contribution >= 4 is 5.97 Å². The van der Waals surface area contributed by atoms with E-state index in [0.29, 0.717) is 0 Å². The maximum absolute atomic E-state index is 11.7. The van der Waals surface area contributed by atoms with Crippen LogP contribution >= 0.6 is 0 Å². The Labute approximate surface area is 108 Å². The number of rotatable bonds is 3. The number of hydrogen-bond donors (Lipinski definition) is 1. The van der Waals surface area contributed by atoms with Crippen LogP contribution in [0.2, 0.25) is 0 Å². The summed E-state index contributed by atoms with van der Waals surface area (Å²) in [4.78, 5) is 11.7. The van der Waals surface area contributed by atoms with Gasteiger partial charge >= 0.3 is 5.97 Å². The van der Waals surface area contributed by atoms with Crippen LogP contribution in [-0.2, 0) is 23.0 Å². The molecule has 100 valence electrons. The van der Waals surface area contributed by atoms with Crippen LogP contribution in [0.4, 0.5) is 0 Å². The third-order valence-electron chi connectivity index (χ3n) is 3.61. The topological polar surface area (TPSA) is 56.1 Å². The summed E-state index contributed by atoms with van der Waals surface area (Å²) in [6.07, 6.45) is 5.10. The first-order chi connectivity index (χ1) is 8.45. The van der Waals surface area contributed by atoms with Crippen molar-refractivity contribution in [1.82, 2.24) is 15.1 Å². The zero-order valence-electron chi connectivity index (χ0n) is 11.5. The second-order valence-electron chi connectivity index (χ2n) is 5.38.